The molecule has 2 fully saturated rings. The number of nitrogens with one attached hydrogen (secondary N) is 1. The number of ether oxygens (including phenoxy) is 1. The third kappa shape index (κ3) is 5.23. The zero-order valence-electron chi connectivity index (χ0n) is 20.8. The zero-order chi connectivity index (χ0) is 24.1. The summed E-state index contributed by atoms with van der Waals surface area (Å²) in [4.78, 5) is 17.6. The Morgan fingerprint density at radius 1 is 1.09 bits per heavy atom. The number of hydrogen-bond acceptors (Lipinski definition) is 5. The van der Waals surface area contributed by atoms with E-state index in [1.54, 1.807) is 7.11 Å². The third-order valence-corrected chi connectivity index (χ3v) is 7.76. The van der Waals surface area contributed by atoms with E-state index < -0.39 is 5.60 Å². The first-order chi connectivity index (χ1) is 16.5. The molecule has 34 heavy (non-hydrogen) atoms. The molecule has 0 aromatic heterocycles. The van der Waals surface area contributed by atoms with Gasteiger partial charge in [0.2, 0.25) is 5.91 Å². The second-order valence-electron chi connectivity index (χ2n) is 9.66. The molecule has 2 aromatic rings. The lowest BCUT2D eigenvalue weighted by Crippen LogP contribution is -2.56. The largest absolute Gasteiger partial charge is 0.497 e. The van der Waals surface area contributed by atoms with Crippen molar-refractivity contribution in [1.82, 2.24) is 4.90 Å². The molecule has 1 saturated carbocycles. The molecule has 0 unspecified atom stereocenters. The first-order valence-corrected chi connectivity index (χ1v) is 12.7. The highest BCUT2D eigenvalue weighted by atomic mass is 16.5. The van der Waals surface area contributed by atoms with E-state index in [0.29, 0.717) is 13.1 Å². The Balaban J connectivity index is 1.55. The fraction of sp³-hybridized carbons (Fsp3) is 0.536. The summed E-state index contributed by atoms with van der Waals surface area (Å²) >= 11 is 0. The quantitative estimate of drug-likeness (QED) is 0.584. The summed E-state index contributed by atoms with van der Waals surface area (Å²) in [6, 6.07) is 16.2. The lowest BCUT2D eigenvalue weighted by molar-refractivity contribution is -0.135. The predicted octanol–water partition coefficient (Wildman–Crippen LogP) is 4.85. The monoisotopic (exact) mass is 465 g/mol. The van der Waals surface area contributed by atoms with E-state index in [4.69, 9.17) is 4.74 Å². The molecular formula is C28H39N3O3. The Hall–Kier alpha value is -2.57. The fourth-order valence-electron chi connectivity index (χ4n) is 5.89. The predicted molar refractivity (Wildman–Crippen MR) is 137 cm³/mol. The number of fused-ring (bicyclic) bond motifs is 1. The first kappa shape index (κ1) is 24.6. The van der Waals surface area contributed by atoms with Crippen LogP contribution in [0.3, 0.4) is 0 Å². The molecule has 1 aliphatic heterocycles. The molecule has 2 aromatic carbocycles. The van der Waals surface area contributed by atoms with E-state index in [1.807, 2.05) is 24.3 Å². The maximum absolute atomic E-state index is 13.0. The fourth-order valence-corrected chi connectivity index (χ4v) is 5.89. The van der Waals surface area contributed by atoms with Crippen LogP contribution in [0.2, 0.25) is 0 Å². The van der Waals surface area contributed by atoms with Crippen molar-refractivity contribution in [2.24, 2.45) is 5.92 Å². The van der Waals surface area contributed by atoms with Crippen molar-refractivity contribution < 1.29 is 14.6 Å². The van der Waals surface area contributed by atoms with Gasteiger partial charge >= 0.3 is 0 Å². The van der Waals surface area contributed by atoms with Gasteiger partial charge in [0.1, 0.15) is 5.75 Å². The standard InChI is InChI=1S/C28H39N3O3/c1-4-30(5-2)23-13-9-21(10-14-23)27-25-8-6-7-17-28(25,33)18-19-31(27)20-26(32)29-22-11-15-24(34-3)16-12-22/h9-16,25,27,33H,4-8,17-20H2,1-3H3,(H,29,32)/t25-,27+,28-/m1/s1. The molecule has 0 radical (unpaired) electrons. The first-order valence-electron chi connectivity index (χ1n) is 12.7. The zero-order valence-corrected chi connectivity index (χ0v) is 20.8. The highest BCUT2D eigenvalue weighted by Crippen LogP contribution is 2.49. The summed E-state index contributed by atoms with van der Waals surface area (Å²) in [6.45, 7) is 7.30. The summed E-state index contributed by atoms with van der Waals surface area (Å²) in [5.74, 6) is 0.873. The van der Waals surface area contributed by atoms with Crippen LogP contribution >= 0.6 is 0 Å². The minimum absolute atomic E-state index is 0.0313. The molecule has 6 heteroatoms. The normalized spacial score (nSPS) is 24.8. The van der Waals surface area contributed by atoms with E-state index >= 15 is 0 Å². The van der Waals surface area contributed by atoms with Crippen LogP contribution in [0.1, 0.15) is 57.6 Å². The van der Waals surface area contributed by atoms with Crippen LogP contribution in [0, 0.1) is 5.92 Å². The molecule has 0 spiro atoms. The highest BCUT2D eigenvalue weighted by molar-refractivity contribution is 5.92. The van der Waals surface area contributed by atoms with Gasteiger partial charge in [0.05, 0.1) is 19.3 Å². The average molecular weight is 466 g/mol. The molecule has 6 nitrogen and oxygen atoms in total. The van der Waals surface area contributed by atoms with Gasteiger partial charge < -0.3 is 20.1 Å². The van der Waals surface area contributed by atoms with Crippen molar-refractivity contribution in [3.8, 4) is 5.75 Å². The molecule has 1 saturated heterocycles. The van der Waals surface area contributed by atoms with Crippen LogP contribution in [0.15, 0.2) is 48.5 Å². The Morgan fingerprint density at radius 2 is 1.79 bits per heavy atom. The van der Waals surface area contributed by atoms with Crippen molar-refractivity contribution in [1.29, 1.82) is 0 Å². The minimum Gasteiger partial charge on any atom is -0.497 e. The van der Waals surface area contributed by atoms with Gasteiger partial charge in [0, 0.05) is 43.0 Å². The van der Waals surface area contributed by atoms with Crippen molar-refractivity contribution in [2.45, 2.75) is 57.6 Å². The van der Waals surface area contributed by atoms with Gasteiger partial charge in [-0.3, -0.25) is 9.69 Å². The molecule has 2 aliphatic rings. The molecule has 1 aliphatic carbocycles. The van der Waals surface area contributed by atoms with Crippen LogP contribution in [-0.4, -0.2) is 54.8 Å². The van der Waals surface area contributed by atoms with Gasteiger partial charge in [-0.05, 0) is 75.1 Å². The van der Waals surface area contributed by atoms with E-state index in [2.05, 4.69) is 53.2 Å². The van der Waals surface area contributed by atoms with Crippen molar-refractivity contribution >= 4 is 17.3 Å². The van der Waals surface area contributed by atoms with Crippen molar-refractivity contribution in [2.75, 3.05) is 43.5 Å². The van der Waals surface area contributed by atoms with Crippen LogP contribution in [0.4, 0.5) is 11.4 Å². The summed E-state index contributed by atoms with van der Waals surface area (Å²) in [5, 5.41) is 14.6. The molecule has 2 N–H and O–H groups in total. The number of anilines is 2. The number of carbonyl (C=O) groups is 1. The van der Waals surface area contributed by atoms with Crippen LogP contribution in [0.5, 0.6) is 5.75 Å². The Bertz CT molecular complexity index is 942. The Morgan fingerprint density at radius 3 is 2.44 bits per heavy atom. The molecule has 4 rings (SSSR count). The average Bonchev–Trinajstić information content (AvgIpc) is 2.86. The summed E-state index contributed by atoms with van der Waals surface area (Å²) in [5.41, 5.74) is 2.53. The van der Waals surface area contributed by atoms with Crippen LogP contribution in [-0.2, 0) is 4.79 Å². The van der Waals surface area contributed by atoms with Gasteiger partial charge in [0.25, 0.3) is 0 Å². The molecular weight excluding hydrogens is 426 g/mol. The van der Waals surface area contributed by atoms with E-state index in [0.717, 1.165) is 56.6 Å². The molecule has 1 heterocycles. The van der Waals surface area contributed by atoms with Gasteiger partial charge in [-0.2, -0.15) is 0 Å². The topological polar surface area (TPSA) is 65.0 Å². The number of rotatable bonds is 8. The number of piperidine rings is 1. The molecule has 1 amide bonds. The summed E-state index contributed by atoms with van der Waals surface area (Å²) in [6.07, 6.45) is 4.79. The lowest BCUT2D eigenvalue weighted by atomic mass is 9.66. The maximum atomic E-state index is 13.0. The lowest BCUT2D eigenvalue weighted by Gasteiger charge is -2.52. The van der Waals surface area contributed by atoms with Gasteiger partial charge in [-0.15, -0.1) is 0 Å². The molecule has 0 bridgehead atoms. The van der Waals surface area contributed by atoms with Crippen LogP contribution in [0.25, 0.3) is 0 Å². The SMILES string of the molecule is CCN(CC)c1ccc([C@H]2[C@H]3CCCC[C@@]3(O)CCN2CC(=O)Nc2ccc(OC)cc2)cc1. The molecule has 184 valence electrons. The Labute approximate surface area is 203 Å². The number of nitrogens with zero attached hydrogens (tertiary/aromatic N) is 2. The number of aliphatic hydroxyl groups is 1. The second-order valence-corrected chi connectivity index (χ2v) is 9.66. The maximum Gasteiger partial charge on any atom is 0.238 e. The van der Waals surface area contributed by atoms with Crippen LogP contribution < -0.4 is 15.0 Å². The number of methoxy groups -OCH3 is 1. The summed E-state index contributed by atoms with van der Waals surface area (Å²) in [7, 11) is 1.63. The van der Waals surface area contributed by atoms with Crippen molar-refractivity contribution in [3.63, 3.8) is 0 Å². The number of benzene rings is 2. The van der Waals surface area contributed by atoms with Gasteiger partial charge in [-0.1, -0.05) is 25.0 Å². The number of carbonyl (C=O) groups excluding carboxylic acids is 1. The van der Waals surface area contributed by atoms with E-state index in [1.165, 1.54) is 11.3 Å². The van der Waals surface area contributed by atoms with E-state index in [-0.39, 0.29) is 17.9 Å². The van der Waals surface area contributed by atoms with Gasteiger partial charge in [0.15, 0.2) is 0 Å². The smallest absolute Gasteiger partial charge is 0.238 e. The Kier molecular flexibility index (Phi) is 7.79. The number of hydrogen-bond donors (Lipinski definition) is 2. The molecule has 3 atom stereocenters. The van der Waals surface area contributed by atoms with Gasteiger partial charge in [-0.25, -0.2) is 0 Å². The number of amides is 1. The second kappa shape index (κ2) is 10.8. The number of likely N-dealkylation sites (tertiary alicyclic amines) is 1. The van der Waals surface area contributed by atoms with Crippen molar-refractivity contribution in [3.05, 3.63) is 54.1 Å². The van der Waals surface area contributed by atoms with E-state index in [9.17, 15) is 9.90 Å². The minimum atomic E-state index is -0.635. The third-order valence-electron chi connectivity index (χ3n) is 7.76. The summed E-state index contributed by atoms with van der Waals surface area (Å²) < 4.78 is 5.21. The highest BCUT2D eigenvalue weighted by Gasteiger charge is 2.49.